The van der Waals surface area contributed by atoms with Gasteiger partial charge in [-0.15, -0.1) is 11.8 Å². The summed E-state index contributed by atoms with van der Waals surface area (Å²) in [5.41, 5.74) is 5.88. The number of piperazine rings is 1. The van der Waals surface area contributed by atoms with Gasteiger partial charge >= 0.3 is 0 Å². The molecule has 2 rings (SSSR count). The first-order valence-corrected chi connectivity index (χ1v) is 7.91. The number of nitrogens with zero attached hydrogens (tertiary/aromatic N) is 3. The lowest BCUT2D eigenvalue weighted by Crippen LogP contribution is -2.48. The zero-order valence-corrected chi connectivity index (χ0v) is 12.3. The summed E-state index contributed by atoms with van der Waals surface area (Å²) in [6.45, 7) is 8.93. The minimum Gasteiger partial charge on any atom is -0.382 e. The zero-order valence-electron chi connectivity index (χ0n) is 10.6. The standard InChI is InChI=1S/C11H20N4S2/c1-8(2)14-4-6-15(7-5-14)11-9(16-3)10(12)13-17-11/h8H,4-7H2,1-3H3,(H2,12,13). The van der Waals surface area contributed by atoms with Gasteiger partial charge in [0.2, 0.25) is 0 Å². The third-order valence-electron chi connectivity index (χ3n) is 3.19. The summed E-state index contributed by atoms with van der Waals surface area (Å²) in [5, 5.41) is 1.25. The van der Waals surface area contributed by atoms with Gasteiger partial charge in [0.1, 0.15) is 5.00 Å². The van der Waals surface area contributed by atoms with Gasteiger partial charge in [-0.2, -0.15) is 4.37 Å². The highest BCUT2D eigenvalue weighted by Crippen LogP contribution is 2.37. The Morgan fingerprint density at radius 2 is 1.94 bits per heavy atom. The first-order chi connectivity index (χ1) is 8.13. The van der Waals surface area contributed by atoms with Crippen LogP contribution in [-0.2, 0) is 0 Å². The van der Waals surface area contributed by atoms with Crippen molar-refractivity contribution in [2.75, 3.05) is 43.1 Å². The number of nitrogens with two attached hydrogens (primary N) is 1. The van der Waals surface area contributed by atoms with E-state index in [-0.39, 0.29) is 0 Å². The van der Waals surface area contributed by atoms with Crippen molar-refractivity contribution in [3.63, 3.8) is 0 Å². The van der Waals surface area contributed by atoms with Crippen LogP contribution in [0.4, 0.5) is 10.8 Å². The highest BCUT2D eigenvalue weighted by atomic mass is 32.2. The predicted octanol–water partition coefficient (Wildman–Crippen LogP) is 1.98. The molecule has 1 aliphatic rings. The number of hydrogen-bond acceptors (Lipinski definition) is 6. The number of hydrogen-bond donors (Lipinski definition) is 1. The Kier molecular flexibility index (Phi) is 4.17. The summed E-state index contributed by atoms with van der Waals surface area (Å²) in [7, 11) is 0. The maximum Gasteiger partial charge on any atom is 0.153 e. The highest BCUT2D eigenvalue weighted by molar-refractivity contribution is 7.99. The molecular weight excluding hydrogens is 252 g/mol. The van der Waals surface area contributed by atoms with E-state index in [0.29, 0.717) is 11.9 Å². The van der Waals surface area contributed by atoms with E-state index in [1.165, 1.54) is 16.5 Å². The number of thioether (sulfide) groups is 1. The Balaban J connectivity index is 2.05. The summed E-state index contributed by atoms with van der Waals surface area (Å²) in [6.07, 6.45) is 2.06. The Morgan fingerprint density at radius 1 is 1.29 bits per heavy atom. The molecule has 1 saturated heterocycles. The molecule has 0 amide bonds. The first kappa shape index (κ1) is 13.0. The zero-order chi connectivity index (χ0) is 12.4. The van der Waals surface area contributed by atoms with Crippen molar-refractivity contribution < 1.29 is 0 Å². The van der Waals surface area contributed by atoms with Crippen molar-refractivity contribution in [3.05, 3.63) is 0 Å². The number of nitrogen functional groups attached to an aromatic ring is 1. The van der Waals surface area contributed by atoms with Gasteiger partial charge in [0, 0.05) is 32.2 Å². The molecule has 1 aromatic heterocycles. The average molecular weight is 272 g/mol. The molecule has 0 saturated carbocycles. The van der Waals surface area contributed by atoms with E-state index in [4.69, 9.17) is 5.73 Å². The normalized spacial score (nSPS) is 18.0. The number of rotatable bonds is 3. The molecule has 0 bridgehead atoms. The minimum absolute atomic E-state index is 0.642. The second-order valence-corrected chi connectivity index (χ2v) is 6.09. The van der Waals surface area contributed by atoms with Crippen LogP contribution in [0.3, 0.4) is 0 Å². The van der Waals surface area contributed by atoms with Crippen molar-refractivity contribution in [2.24, 2.45) is 0 Å². The van der Waals surface area contributed by atoms with Crippen LogP contribution in [0.25, 0.3) is 0 Å². The largest absolute Gasteiger partial charge is 0.382 e. The Bertz CT molecular complexity index is 370. The van der Waals surface area contributed by atoms with E-state index >= 15 is 0 Å². The second kappa shape index (κ2) is 5.46. The smallest absolute Gasteiger partial charge is 0.153 e. The van der Waals surface area contributed by atoms with Gasteiger partial charge in [0.15, 0.2) is 5.82 Å². The maximum absolute atomic E-state index is 5.88. The van der Waals surface area contributed by atoms with Gasteiger partial charge in [-0.05, 0) is 31.6 Å². The second-order valence-electron chi connectivity index (χ2n) is 4.52. The van der Waals surface area contributed by atoms with Crippen LogP contribution >= 0.6 is 23.3 Å². The van der Waals surface area contributed by atoms with Crippen molar-refractivity contribution in [1.82, 2.24) is 9.27 Å². The van der Waals surface area contributed by atoms with Gasteiger partial charge in [0.25, 0.3) is 0 Å². The fourth-order valence-electron chi connectivity index (χ4n) is 2.12. The van der Waals surface area contributed by atoms with E-state index in [9.17, 15) is 0 Å². The summed E-state index contributed by atoms with van der Waals surface area (Å²) in [4.78, 5) is 6.08. The number of aromatic nitrogens is 1. The van der Waals surface area contributed by atoms with Gasteiger partial charge in [-0.25, -0.2) is 0 Å². The lowest BCUT2D eigenvalue weighted by atomic mass is 10.2. The third kappa shape index (κ3) is 2.69. The molecular formula is C11H20N4S2. The molecule has 0 aromatic carbocycles. The Labute approximate surface area is 111 Å². The summed E-state index contributed by atoms with van der Waals surface area (Å²) in [6, 6.07) is 0.642. The van der Waals surface area contributed by atoms with Gasteiger partial charge in [0.05, 0.1) is 4.90 Å². The molecule has 1 fully saturated rings. The molecule has 0 unspecified atom stereocenters. The summed E-state index contributed by atoms with van der Waals surface area (Å²) >= 11 is 3.23. The van der Waals surface area contributed by atoms with Crippen LogP contribution in [0.15, 0.2) is 4.90 Å². The molecule has 2 heterocycles. The van der Waals surface area contributed by atoms with Gasteiger partial charge in [-0.3, -0.25) is 4.90 Å². The van der Waals surface area contributed by atoms with Crippen LogP contribution in [0.5, 0.6) is 0 Å². The first-order valence-electron chi connectivity index (χ1n) is 5.91. The summed E-state index contributed by atoms with van der Waals surface area (Å²) in [5.74, 6) is 0.684. The van der Waals surface area contributed by atoms with Crippen molar-refractivity contribution >= 4 is 34.1 Å². The topological polar surface area (TPSA) is 45.4 Å². The van der Waals surface area contributed by atoms with E-state index in [0.717, 1.165) is 31.1 Å². The van der Waals surface area contributed by atoms with Crippen LogP contribution in [-0.4, -0.2) is 47.8 Å². The van der Waals surface area contributed by atoms with Crippen molar-refractivity contribution in [1.29, 1.82) is 0 Å². The fraction of sp³-hybridized carbons (Fsp3) is 0.727. The molecule has 0 spiro atoms. The SMILES string of the molecule is CSc1c(N)nsc1N1CCN(C(C)C)CC1. The molecule has 1 aromatic rings. The quantitative estimate of drug-likeness (QED) is 0.853. The van der Waals surface area contributed by atoms with Crippen LogP contribution in [0, 0.1) is 0 Å². The van der Waals surface area contributed by atoms with Crippen molar-refractivity contribution in [3.8, 4) is 0 Å². The lowest BCUT2D eigenvalue weighted by molar-refractivity contribution is 0.209. The van der Waals surface area contributed by atoms with E-state index < -0.39 is 0 Å². The lowest BCUT2D eigenvalue weighted by Gasteiger charge is -2.37. The molecule has 4 nitrogen and oxygen atoms in total. The predicted molar refractivity (Wildman–Crippen MR) is 77.2 cm³/mol. The van der Waals surface area contributed by atoms with E-state index in [1.54, 1.807) is 11.8 Å². The molecule has 17 heavy (non-hydrogen) atoms. The maximum atomic E-state index is 5.88. The van der Waals surface area contributed by atoms with Gasteiger partial charge in [-0.1, -0.05) is 0 Å². The Hall–Kier alpha value is -0.460. The monoisotopic (exact) mass is 272 g/mol. The molecule has 0 atom stereocenters. The van der Waals surface area contributed by atoms with E-state index in [1.807, 2.05) is 0 Å². The van der Waals surface area contributed by atoms with Crippen LogP contribution < -0.4 is 10.6 Å². The number of anilines is 2. The fourth-order valence-corrected chi connectivity index (χ4v) is 3.86. The Morgan fingerprint density at radius 3 is 2.47 bits per heavy atom. The molecule has 6 heteroatoms. The van der Waals surface area contributed by atoms with Crippen LogP contribution in [0.2, 0.25) is 0 Å². The summed E-state index contributed by atoms with van der Waals surface area (Å²) < 4.78 is 4.26. The molecule has 2 N–H and O–H groups in total. The highest BCUT2D eigenvalue weighted by Gasteiger charge is 2.23. The van der Waals surface area contributed by atoms with Gasteiger partial charge < -0.3 is 10.6 Å². The van der Waals surface area contributed by atoms with E-state index in [2.05, 4.69) is 34.3 Å². The molecule has 0 radical (unpaired) electrons. The van der Waals surface area contributed by atoms with Crippen molar-refractivity contribution in [2.45, 2.75) is 24.8 Å². The van der Waals surface area contributed by atoms with Crippen LogP contribution in [0.1, 0.15) is 13.8 Å². The molecule has 96 valence electrons. The average Bonchev–Trinajstić information content (AvgIpc) is 2.70. The molecule has 0 aliphatic carbocycles. The third-order valence-corrected chi connectivity index (χ3v) is 5.06. The minimum atomic E-state index is 0.642. The molecule has 1 aliphatic heterocycles.